The summed E-state index contributed by atoms with van der Waals surface area (Å²) in [5.74, 6) is -2.77. The lowest BCUT2D eigenvalue weighted by Crippen LogP contribution is -2.62. The van der Waals surface area contributed by atoms with Gasteiger partial charge in [-0.05, 0) is 6.42 Å². The molecule has 0 unspecified atom stereocenters. The van der Waals surface area contributed by atoms with Gasteiger partial charge in [0.2, 0.25) is 5.79 Å². The van der Waals surface area contributed by atoms with Crippen LogP contribution >= 0.6 is 0 Å². The summed E-state index contributed by atoms with van der Waals surface area (Å²) in [6, 6.07) is 0. The van der Waals surface area contributed by atoms with Crippen LogP contribution in [0.1, 0.15) is 45.4 Å². The van der Waals surface area contributed by atoms with E-state index in [1.165, 1.54) is 0 Å². The molecule has 7 N–H and O–H groups in total. The normalized spacial score (nSPS) is 39.9. The number of esters is 1. The van der Waals surface area contributed by atoms with Crippen LogP contribution in [-0.4, -0.2) is 116 Å². The minimum absolute atomic E-state index is 0.186. The average Bonchev–Trinajstić information content (AvgIpc) is 3.03. The fraction of sp³-hybridized carbons (Fsp3) is 0.950. The lowest BCUT2D eigenvalue weighted by Gasteiger charge is -2.43. The Balaban J connectivity index is 1.96. The Morgan fingerprint density at radius 3 is 2.19 bits per heavy atom. The van der Waals surface area contributed by atoms with Crippen LogP contribution in [0.2, 0.25) is 0 Å². The topological polar surface area (TPSA) is 196 Å². The summed E-state index contributed by atoms with van der Waals surface area (Å²) in [5.41, 5.74) is 0. The first-order valence-corrected chi connectivity index (χ1v) is 11.0. The molecule has 0 bridgehead atoms. The molecule has 2 saturated heterocycles. The summed E-state index contributed by atoms with van der Waals surface area (Å²) in [6.07, 6.45) is -7.98. The van der Waals surface area contributed by atoms with E-state index in [4.69, 9.17) is 18.9 Å². The van der Waals surface area contributed by atoms with Crippen molar-refractivity contribution >= 4 is 5.97 Å². The lowest BCUT2D eigenvalue weighted by atomic mass is 9.99. The van der Waals surface area contributed by atoms with Gasteiger partial charge in [-0.3, -0.25) is 4.79 Å². The average molecular weight is 468 g/mol. The number of unbranched alkanes of at least 4 members (excludes halogenated alkanes) is 4. The second kappa shape index (κ2) is 12.5. The van der Waals surface area contributed by atoms with Gasteiger partial charge in [0.1, 0.15) is 55.9 Å². The number of carbonyl (C=O) groups excluding carboxylic acids is 1. The van der Waals surface area contributed by atoms with Crippen LogP contribution in [0.15, 0.2) is 0 Å². The fourth-order valence-electron chi connectivity index (χ4n) is 3.74. The Bertz CT molecular complexity index is 577. The zero-order valence-corrected chi connectivity index (χ0v) is 18.2. The van der Waals surface area contributed by atoms with Crippen molar-refractivity contribution in [1.82, 2.24) is 0 Å². The summed E-state index contributed by atoms with van der Waals surface area (Å²) in [6.45, 7) is -0.0163. The van der Waals surface area contributed by atoms with E-state index in [0.717, 1.165) is 25.7 Å². The molecule has 2 aliphatic heterocycles. The Labute approximate surface area is 186 Å². The van der Waals surface area contributed by atoms with Gasteiger partial charge >= 0.3 is 5.97 Å². The van der Waals surface area contributed by atoms with Crippen molar-refractivity contribution in [3.05, 3.63) is 0 Å². The molecule has 0 aliphatic carbocycles. The maximum Gasteiger partial charge on any atom is 0.305 e. The molecule has 0 amide bonds. The van der Waals surface area contributed by atoms with Crippen molar-refractivity contribution in [2.45, 2.75) is 100 Å². The van der Waals surface area contributed by atoms with Crippen molar-refractivity contribution in [3.63, 3.8) is 0 Å². The number of rotatable bonds is 12. The van der Waals surface area contributed by atoms with E-state index in [1.54, 1.807) is 0 Å². The van der Waals surface area contributed by atoms with Crippen LogP contribution in [0.3, 0.4) is 0 Å². The van der Waals surface area contributed by atoms with Gasteiger partial charge < -0.3 is 54.7 Å². The fourth-order valence-corrected chi connectivity index (χ4v) is 3.74. The zero-order valence-electron chi connectivity index (χ0n) is 18.2. The maximum absolute atomic E-state index is 11.9. The highest BCUT2D eigenvalue weighted by Gasteiger charge is 2.58. The molecule has 12 heteroatoms. The maximum atomic E-state index is 11.9. The monoisotopic (exact) mass is 468 g/mol. The number of hydrogen-bond donors (Lipinski definition) is 7. The smallest absolute Gasteiger partial charge is 0.305 e. The van der Waals surface area contributed by atoms with Crippen molar-refractivity contribution in [3.8, 4) is 0 Å². The van der Waals surface area contributed by atoms with E-state index in [2.05, 4.69) is 6.92 Å². The van der Waals surface area contributed by atoms with Crippen LogP contribution in [0.4, 0.5) is 0 Å². The van der Waals surface area contributed by atoms with Gasteiger partial charge in [0, 0.05) is 6.42 Å². The third-order valence-electron chi connectivity index (χ3n) is 5.78. The third-order valence-corrected chi connectivity index (χ3v) is 5.78. The van der Waals surface area contributed by atoms with Crippen LogP contribution in [-0.2, 0) is 23.7 Å². The number of aliphatic hydroxyl groups is 7. The third kappa shape index (κ3) is 6.35. The predicted molar refractivity (Wildman–Crippen MR) is 106 cm³/mol. The van der Waals surface area contributed by atoms with Crippen LogP contribution in [0, 0.1) is 0 Å². The van der Waals surface area contributed by atoms with Gasteiger partial charge in [-0.25, -0.2) is 0 Å². The van der Waals surface area contributed by atoms with E-state index in [1.807, 2.05) is 0 Å². The molecule has 188 valence electrons. The molecular weight excluding hydrogens is 432 g/mol. The summed E-state index contributed by atoms with van der Waals surface area (Å²) in [4.78, 5) is 11.9. The first kappa shape index (κ1) is 27.3. The molecule has 0 aromatic rings. The van der Waals surface area contributed by atoms with Crippen molar-refractivity contribution in [2.24, 2.45) is 0 Å². The van der Waals surface area contributed by atoms with Crippen LogP contribution in [0.5, 0.6) is 0 Å². The summed E-state index contributed by atoms with van der Waals surface area (Å²) < 4.78 is 21.2. The molecule has 0 aromatic heterocycles. The van der Waals surface area contributed by atoms with E-state index in [0.29, 0.717) is 6.42 Å². The van der Waals surface area contributed by atoms with Crippen LogP contribution < -0.4 is 0 Å². The molecule has 32 heavy (non-hydrogen) atoms. The molecule has 12 nitrogen and oxygen atoms in total. The van der Waals surface area contributed by atoms with Crippen LogP contribution in [0.25, 0.3) is 0 Å². The highest BCUT2D eigenvalue weighted by atomic mass is 16.8. The summed E-state index contributed by atoms with van der Waals surface area (Å²) in [7, 11) is 0. The Morgan fingerprint density at radius 1 is 0.906 bits per heavy atom. The second-order valence-corrected chi connectivity index (χ2v) is 8.22. The Morgan fingerprint density at radius 2 is 1.59 bits per heavy atom. The molecule has 2 heterocycles. The molecule has 0 radical (unpaired) electrons. The van der Waals surface area contributed by atoms with Crippen molar-refractivity contribution in [1.29, 1.82) is 0 Å². The highest BCUT2D eigenvalue weighted by molar-refractivity contribution is 5.69. The molecule has 0 saturated carbocycles. The second-order valence-electron chi connectivity index (χ2n) is 8.22. The molecule has 0 aromatic carbocycles. The first-order chi connectivity index (χ1) is 15.2. The SMILES string of the molecule is CCCCCCCC(=O)OC[C@H]1O[C@H](O[C@@]2(CO)O[C@H](CO)[C@@H](O)[C@@H]2O)[C@H](O)[C@@H](O)[C@@H]1O. The number of aliphatic hydroxyl groups excluding tert-OH is 7. The highest BCUT2D eigenvalue weighted by Crippen LogP contribution is 2.36. The Hall–Kier alpha value is -0.930. The van der Waals surface area contributed by atoms with Gasteiger partial charge in [0.05, 0.1) is 6.61 Å². The summed E-state index contributed by atoms with van der Waals surface area (Å²) in [5, 5.41) is 69.7. The van der Waals surface area contributed by atoms with Gasteiger partial charge in [-0.1, -0.05) is 32.6 Å². The van der Waals surface area contributed by atoms with Crippen molar-refractivity contribution in [2.75, 3.05) is 19.8 Å². The van der Waals surface area contributed by atoms with Gasteiger partial charge in [0.15, 0.2) is 6.29 Å². The Kier molecular flexibility index (Phi) is 10.7. The molecule has 2 fully saturated rings. The minimum Gasteiger partial charge on any atom is -0.463 e. The number of hydrogen-bond acceptors (Lipinski definition) is 12. The quantitative estimate of drug-likeness (QED) is 0.118. The molecule has 2 aliphatic rings. The number of carbonyl (C=O) groups is 1. The number of ether oxygens (including phenoxy) is 4. The standard InChI is InChI=1S/C20H36O12/c1-2-3-4-5-6-7-13(23)29-9-12-14(24)16(26)17(27)19(30-12)32-20(10-22)18(28)15(25)11(8-21)31-20/h11-12,14-19,21-22,24-28H,2-10H2,1H3/t11-,12-,14-,15-,16+,17-,18+,19-,20-/m1/s1. The molecular formula is C20H36O12. The van der Waals surface area contributed by atoms with Gasteiger partial charge in [-0.2, -0.15) is 0 Å². The minimum atomic E-state index is -2.26. The van der Waals surface area contributed by atoms with E-state index in [-0.39, 0.29) is 6.42 Å². The molecule has 0 spiro atoms. The van der Waals surface area contributed by atoms with Crippen molar-refractivity contribution < 1.29 is 59.5 Å². The van der Waals surface area contributed by atoms with E-state index < -0.39 is 80.6 Å². The predicted octanol–water partition coefficient (Wildman–Crippen LogP) is -2.48. The van der Waals surface area contributed by atoms with Gasteiger partial charge in [0.25, 0.3) is 0 Å². The zero-order chi connectivity index (χ0) is 23.9. The summed E-state index contributed by atoms with van der Waals surface area (Å²) >= 11 is 0. The lowest BCUT2D eigenvalue weighted by molar-refractivity contribution is -0.383. The first-order valence-electron chi connectivity index (χ1n) is 11.0. The molecule has 9 atom stereocenters. The largest absolute Gasteiger partial charge is 0.463 e. The van der Waals surface area contributed by atoms with Gasteiger partial charge in [-0.15, -0.1) is 0 Å². The molecule has 2 rings (SSSR count). The van der Waals surface area contributed by atoms with E-state index >= 15 is 0 Å². The van der Waals surface area contributed by atoms with E-state index in [9.17, 15) is 40.5 Å².